The number of carboxylic acid groups (broad SMARTS) is 1. The lowest BCUT2D eigenvalue weighted by molar-refractivity contribution is -0.137. The Kier molecular flexibility index (Phi) is 17.8. The van der Waals surface area contributed by atoms with Gasteiger partial charge in [0.15, 0.2) is 0 Å². The van der Waals surface area contributed by atoms with Crippen LogP contribution in [0.15, 0.2) is 41.1 Å². The van der Waals surface area contributed by atoms with Gasteiger partial charge in [0.1, 0.15) is 0 Å². The number of hydrogen-bond acceptors (Lipinski definition) is 11. The number of hydrogen-bond donors (Lipinski definition) is 6. The summed E-state index contributed by atoms with van der Waals surface area (Å²) in [6, 6.07) is 2.70. The highest BCUT2D eigenvalue weighted by Gasteiger charge is 2.22. The molecule has 0 aromatic heterocycles. The van der Waals surface area contributed by atoms with Gasteiger partial charge in [-0.1, -0.05) is 12.5 Å². The fourth-order valence-electron chi connectivity index (χ4n) is 4.31. The van der Waals surface area contributed by atoms with Crippen LogP contribution < -0.4 is 15.5 Å². The molecule has 0 bridgehead atoms. The molecule has 6 N–H and O–H groups in total. The minimum Gasteiger partial charge on any atom is -0.481 e. The van der Waals surface area contributed by atoms with Gasteiger partial charge in [-0.2, -0.15) is 25.3 Å². The molecule has 0 fully saturated rings. The number of allylic oxidation sites excluding steroid dienone is 4. The lowest BCUT2D eigenvalue weighted by Gasteiger charge is -2.29. The van der Waals surface area contributed by atoms with Gasteiger partial charge in [-0.3, -0.25) is 33.0 Å². The van der Waals surface area contributed by atoms with Crippen molar-refractivity contribution in [2.24, 2.45) is 4.99 Å². The van der Waals surface area contributed by atoms with E-state index in [1.54, 1.807) is 43.9 Å². The molecule has 0 saturated heterocycles. The third-order valence-corrected chi connectivity index (χ3v) is 9.01. The average Bonchev–Trinajstić information content (AvgIpc) is 2.95. The van der Waals surface area contributed by atoms with E-state index in [0.29, 0.717) is 48.5 Å². The van der Waals surface area contributed by atoms with Gasteiger partial charge in [-0.25, -0.2) is 0 Å². The zero-order valence-electron chi connectivity index (χ0n) is 27.5. The van der Waals surface area contributed by atoms with Gasteiger partial charge in [0.05, 0.1) is 17.3 Å². The van der Waals surface area contributed by atoms with E-state index in [-0.39, 0.29) is 30.5 Å². The maximum Gasteiger partial charge on any atom is 0.303 e. The quantitative estimate of drug-likeness (QED) is 0.0427. The number of amides is 2. The number of aliphatic carboxylic acids is 1. The minimum absolute atomic E-state index is 0.0279. The lowest BCUT2D eigenvalue weighted by atomic mass is 9.99. The van der Waals surface area contributed by atoms with Crippen molar-refractivity contribution in [3.63, 3.8) is 0 Å². The van der Waals surface area contributed by atoms with Crippen LogP contribution in [0.2, 0.25) is 0 Å². The molecule has 1 rings (SSSR count). The number of carbonyl (C=O) groups excluding carboxylic acids is 2. The predicted octanol–water partition coefficient (Wildman–Crippen LogP) is 1.88. The van der Waals surface area contributed by atoms with E-state index in [0.717, 1.165) is 0 Å². The normalized spacial score (nSPS) is 13.0. The summed E-state index contributed by atoms with van der Waals surface area (Å²) in [5.74, 6) is -4.44. The maximum absolute atomic E-state index is 13.2. The van der Waals surface area contributed by atoms with E-state index in [1.807, 2.05) is 0 Å². The Morgan fingerprint density at radius 1 is 0.816 bits per heavy atom. The van der Waals surface area contributed by atoms with Crippen LogP contribution in [-0.2, 0) is 35.1 Å². The third-order valence-electron chi connectivity index (χ3n) is 6.76. The second kappa shape index (κ2) is 20.1. The molecular weight excluding hydrogens is 709 g/mol. The van der Waals surface area contributed by atoms with E-state index in [4.69, 9.17) is 18.8 Å². The molecule has 0 aliphatic heterocycles. The van der Waals surface area contributed by atoms with E-state index in [2.05, 4.69) is 15.6 Å². The van der Waals surface area contributed by atoms with Crippen molar-refractivity contribution in [3.05, 3.63) is 52.7 Å². The van der Waals surface area contributed by atoms with E-state index >= 15 is 0 Å². The highest BCUT2D eigenvalue weighted by Crippen LogP contribution is 2.29. The molecule has 0 aliphatic rings. The highest BCUT2D eigenvalue weighted by molar-refractivity contribution is 7.86. The van der Waals surface area contributed by atoms with E-state index < -0.39 is 78.5 Å². The molecule has 276 valence electrons. The van der Waals surface area contributed by atoms with Crippen molar-refractivity contribution in [2.45, 2.75) is 52.9 Å². The number of aliphatic imine (C=N–C) groups is 1. The molecule has 0 radical (unpaired) electrons. The van der Waals surface area contributed by atoms with Crippen LogP contribution in [0.25, 0.3) is 0 Å². The summed E-state index contributed by atoms with van der Waals surface area (Å²) in [6.07, 6.45) is 6.54. The molecule has 0 aliphatic carbocycles. The Morgan fingerprint density at radius 3 is 1.94 bits per heavy atom. The number of benzene rings is 1. The summed E-state index contributed by atoms with van der Waals surface area (Å²) < 4.78 is 93.3. The summed E-state index contributed by atoms with van der Waals surface area (Å²) in [7, 11) is -12.9. The van der Waals surface area contributed by atoms with Gasteiger partial charge in [0.2, 0.25) is 0 Å². The minimum atomic E-state index is -4.39. The first-order chi connectivity index (χ1) is 22.6. The summed E-state index contributed by atoms with van der Waals surface area (Å²) in [5.41, 5.74) is 1.82. The number of carbonyl (C=O) groups is 3. The molecule has 0 heterocycles. The molecule has 20 heteroatoms. The van der Waals surface area contributed by atoms with Gasteiger partial charge < -0.3 is 20.6 Å². The van der Waals surface area contributed by atoms with Crippen molar-refractivity contribution >= 4 is 59.5 Å². The molecule has 0 saturated carbocycles. The van der Waals surface area contributed by atoms with E-state index in [1.165, 1.54) is 12.1 Å². The Labute approximate surface area is 286 Å². The van der Waals surface area contributed by atoms with Crippen LogP contribution in [0.5, 0.6) is 0 Å². The molecule has 1 aromatic rings. The largest absolute Gasteiger partial charge is 0.481 e. The summed E-state index contributed by atoms with van der Waals surface area (Å²) in [5, 5.41) is 13.8. The third kappa shape index (κ3) is 19.2. The Hall–Kier alpha value is -3.69. The molecule has 2 amide bonds. The number of nitrogens with one attached hydrogen (secondary N) is 2. The predicted molar refractivity (Wildman–Crippen MR) is 184 cm³/mol. The number of nitrogens with zero attached hydrogens (tertiary/aromatic N) is 2. The zero-order valence-corrected chi connectivity index (χ0v) is 29.9. The topological polar surface area (TPSA) is 274 Å². The molecule has 0 unspecified atom stereocenters. The highest BCUT2D eigenvalue weighted by atomic mass is 32.2. The zero-order chi connectivity index (χ0) is 37.4. The first-order valence-electron chi connectivity index (χ1n) is 15.0. The van der Waals surface area contributed by atoms with Crippen LogP contribution in [0.4, 0.5) is 5.69 Å². The molecule has 49 heavy (non-hydrogen) atoms. The summed E-state index contributed by atoms with van der Waals surface area (Å²) in [6.45, 7) is 4.61. The smallest absolute Gasteiger partial charge is 0.303 e. The Morgan fingerprint density at radius 2 is 1.39 bits per heavy atom. The number of unbranched alkanes of at least 4 members (excludes halogenated alkanes) is 2. The van der Waals surface area contributed by atoms with Crippen molar-refractivity contribution in [3.8, 4) is 0 Å². The second-order valence-electron chi connectivity index (χ2n) is 10.9. The fraction of sp³-hybridized carbons (Fsp3) is 0.517. The second-order valence-corrected chi connectivity index (χ2v) is 15.7. The molecular formula is C29H44N4O13S3. The first-order valence-corrected chi connectivity index (χ1v) is 19.8. The Bertz CT molecular complexity index is 1750. The number of carboxylic acids is 1. The molecule has 1 aromatic carbocycles. The molecule has 0 atom stereocenters. The van der Waals surface area contributed by atoms with Crippen molar-refractivity contribution in [1.29, 1.82) is 0 Å². The van der Waals surface area contributed by atoms with Crippen LogP contribution in [0.1, 0.15) is 72.2 Å². The van der Waals surface area contributed by atoms with Gasteiger partial charge in [0.25, 0.3) is 42.2 Å². The SMILES string of the molecule is CC(/C=C/C=C(\C)N(CCCCCC(=O)O)c1cc(C(=O)NCCS(=O)(=O)O)cc(C(=O)NCCS(=O)(=O)O)c1C)=NCCCS(=O)(=O)O. The molecule has 0 spiro atoms. The van der Waals surface area contributed by atoms with Crippen LogP contribution in [0, 0.1) is 6.92 Å². The Balaban J connectivity index is 3.57. The van der Waals surface area contributed by atoms with Crippen LogP contribution >= 0.6 is 0 Å². The fourth-order valence-corrected chi connectivity index (χ4v) is 5.53. The lowest BCUT2D eigenvalue weighted by Crippen LogP contribution is -2.32. The first kappa shape index (κ1) is 43.3. The number of anilines is 1. The maximum atomic E-state index is 13.2. The summed E-state index contributed by atoms with van der Waals surface area (Å²) in [4.78, 5) is 43.3. The van der Waals surface area contributed by atoms with Crippen molar-refractivity contribution in [1.82, 2.24) is 10.6 Å². The van der Waals surface area contributed by atoms with Crippen LogP contribution in [-0.4, -0.2) is 111 Å². The molecule has 17 nitrogen and oxygen atoms in total. The van der Waals surface area contributed by atoms with Gasteiger partial charge in [-0.15, -0.1) is 0 Å². The average molecular weight is 753 g/mol. The van der Waals surface area contributed by atoms with Gasteiger partial charge in [-0.05, 0) is 69.9 Å². The monoisotopic (exact) mass is 752 g/mol. The summed E-state index contributed by atoms with van der Waals surface area (Å²) >= 11 is 0. The van der Waals surface area contributed by atoms with Crippen molar-refractivity contribution in [2.75, 3.05) is 48.3 Å². The standard InChI is InChI=1S/C29H44N4O13S3/c1-21(30-12-8-16-47(38,39)40)9-7-10-22(2)33(15-6-4-5-11-27(34)35)26-20-24(28(36)31-13-17-48(41,42)43)19-25(23(26)3)29(37)32-14-18-49(44,45)46/h7,9-10,19-20H,4-6,8,11-18H2,1-3H3,(H,31,36)(H,32,37)(H,34,35)(H,38,39,40)(H,41,42,43)(H,44,45,46)/b9-7+,22-10+,30-21?. The number of rotatable bonds is 22. The van der Waals surface area contributed by atoms with Crippen molar-refractivity contribution < 1.29 is 58.4 Å². The van der Waals surface area contributed by atoms with E-state index in [9.17, 15) is 39.6 Å². The van der Waals surface area contributed by atoms with Crippen LogP contribution in [0.3, 0.4) is 0 Å². The van der Waals surface area contributed by atoms with Gasteiger partial charge >= 0.3 is 5.97 Å². The van der Waals surface area contributed by atoms with Gasteiger partial charge in [0, 0.05) is 60.8 Å².